The summed E-state index contributed by atoms with van der Waals surface area (Å²) in [5.41, 5.74) is 1.04. The van der Waals surface area contributed by atoms with Crippen LogP contribution >= 0.6 is 0 Å². The van der Waals surface area contributed by atoms with Crippen molar-refractivity contribution in [2.45, 2.75) is 12.8 Å². The smallest absolute Gasteiger partial charge is 0.237 e. The molecule has 0 bridgehead atoms. The number of benzene rings is 2. The summed E-state index contributed by atoms with van der Waals surface area (Å²) in [6.07, 6.45) is 0.623. The molecule has 106 valence electrons. The molecule has 2 aromatic rings. The van der Waals surface area contributed by atoms with Crippen LogP contribution in [0, 0.1) is 11.7 Å². The van der Waals surface area contributed by atoms with Gasteiger partial charge in [-0.1, -0.05) is 42.5 Å². The molecule has 1 aliphatic heterocycles. The van der Waals surface area contributed by atoms with Crippen LogP contribution in [0.5, 0.6) is 0 Å². The number of anilines is 1. The Bertz CT molecular complexity index is 684. The van der Waals surface area contributed by atoms with Crippen molar-refractivity contribution in [3.05, 3.63) is 66.0 Å². The van der Waals surface area contributed by atoms with Crippen molar-refractivity contribution >= 4 is 17.5 Å². The van der Waals surface area contributed by atoms with E-state index in [1.165, 1.54) is 18.2 Å². The third-order valence-corrected chi connectivity index (χ3v) is 3.66. The quantitative estimate of drug-likeness (QED) is 0.812. The topological polar surface area (TPSA) is 37.4 Å². The molecule has 4 heteroatoms. The molecule has 3 nitrogen and oxygen atoms in total. The van der Waals surface area contributed by atoms with E-state index >= 15 is 0 Å². The van der Waals surface area contributed by atoms with Crippen molar-refractivity contribution in [2.24, 2.45) is 5.92 Å². The molecule has 1 aliphatic rings. The van der Waals surface area contributed by atoms with E-state index in [1.807, 2.05) is 30.3 Å². The fourth-order valence-corrected chi connectivity index (χ4v) is 2.64. The first kappa shape index (κ1) is 13.5. The molecule has 0 N–H and O–H groups in total. The van der Waals surface area contributed by atoms with E-state index in [1.54, 1.807) is 6.07 Å². The van der Waals surface area contributed by atoms with Gasteiger partial charge in [0.2, 0.25) is 11.8 Å². The summed E-state index contributed by atoms with van der Waals surface area (Å²) in [7, 11) is 0. The van der Waals surface area contributed by atoms with Gasteiger partial charge in [-0.05, 0) is 24.1 Å². The summed E-state index contributed by atoms with van der Waals surface area (Å²) in [5, 5.41) is 0. The van der Waals surface area contributed by atoms with Crippen LogP contribution in [0.2, 0.25) is 0 Å². The molecule has 0 unspecified atom stereocenters. The molecule has 2 amide bonds. The molecule has 2 aromatic carbocycles. The van der Waals surface area contributed by atoms with Crippen LogP contribution < -0.4 is 4.90 Å². The van der Waals surface area contributed by atoms with Crippen molar-refractivity contribution in [1.82, 2.24) is 0 Å². The summed E-state index contributed by atoms with van der Waals surface area (Å²) in [6, 6.07) is 15.4. The summed E-state index contributed by atoms with van der Waals surface area (Å²) in [6.45, 7) is 0. The second-order valence-corrected chi connectivity index (χ2v) is 5.11. The monoisotopic (exact) mass is 283 g/mol. The number of halogens is 1. The van der Waals surface area contributed by atoms with Gasteiger partial charge in [-0.2, -0.15) is 0 Å². The first-order valence-electron chi connectivity index (χ1n) is 6.82. The fourth-order valence-electron chi connectivity index (χ4n) is 2.64. The minimum Gasteiger partial charge on any atom is -0.274 e. The van der Waals surface area contributed by atoms with Gasteiger partial charge in [0.05, 0.1) is 11.6 Å². The zero-order chi connectivity index (χ0) is 14.8. The minimum atomic E-state index is -0.556. The third kappa shape index (κ3) is 2.57. The number of nitrogens with zero attached hydrogens (tertiary/aromatic N) is 1. The summed E-state index contributed by atoms with van der Waals surface area (Å²) >= 11 is 0. The normalized spacial score (nSPS) is 18.3. The van der Waals surface area contributed by atoms with Gasteiger partial charge in [-0.25, -0.2) is 9.29 Å². The van der Waals surface area contributed by atoms with Crippen LogP contribution in [0.15, 0.2) is 54.6 Å². The van der Waals surface area contributed by atoms with E-state index in [0.717, 1.165) is 10.5 Å². The lowest BCUT2D eigenvalue weighted by Gasteiger charge is -2.15. The minimum absolute atomic E-state index is 0.0445. The Morgan fingerprint density at radius 1 is 1.00 bits per heavy atom. The Balaban J connectivity index is 1.84. The largest absolute Gasteiger partial charge is 0.274 e. The third-order valence-electron chi connectivity index (χ3n) is 3.66. The Hall–Kier alpha value is -2.49. The SMILES string of the molecule is O=C1C[C@@H](Cc2ccccc2)C(=O)N1c1ccccc1F. The zero-order valence-electron chi connectivity index (χ0n) is 11.3. The predicted octanol–water partition coefficient (Wildman–Crippen LogP) is 2.95. The second kappa shape index (κ2) is 5.48. The molecule has 0 radical (unpaired) electrons. The Labute approximate surface area is 122 Å². The van der Waals surface area contributed by atoms with E-state index in [2.05, 4.69) is 0 Å². The maximum atomic E-state index is 13.8. The number of hydrogen-bond acceptors (Lipinski definition) is 2. The average Bonchev–Trinajstić information content (AvgIpc) is 2.76. The summed E-state index contributed by atoms with van der Waals surface area (Å²) < 4.78 is 13.8. The van der Waals surface area contributed by atoms with Gasteiger partial charge < -0.3 is 0 Å². The molecule has 3 rings (SSSR count). The van der Waals surface area contributed by atoms with Crippen LogP contribution in [0.1, 0.15) is 12.0 Å². The van der Waals surface area contributed by atoms with Crippen molar-refractivity contribution in [3.63, 3.8) is 0 Å². The Morgan fingerprint density at radius 2 is 1.67 bits per heavy atom. The predicted molar refractivity (Wildman–Crippen MR) is 77.1 cm³/mol. The number of rotatable bonds is 3. The molecule has 0 saturated carbocycles. The molecule has 0 aromatic heterocycles. The number of amides is 2. The van der Waals surface area contributed by atoms with E-state index in [4.69, 9.17) is 0 Å². The number of imide groups is 1. The van der Waals surface area contributed by atoms with E-state index < -0.39 is 11.7 Å². The summed E-state index contributed by atoms with van der Waals surface area (Å²) in [5.74, 6) is -1.64. The van der Waals surface area contributed by atoms with Crippen molar-refractivity contribution in [2.75, 3.05) is 4.90 Å². The fraction of sp³-hybridized carbons (Fsp3) is 0.176. The number of carbonyl (C=O) groups excluding carboxylic acids is 2. The summed E-state index contributed by atoms with van der Waals surface area (Å²) in [4.78, 5) is 25.5. The average molecular weight is 283 g/mol. The Morgan fingerprint density at radius 3 is 2.38 bits per heavy atom. The molecule has 1 fully saturated rings. The van der Waals surface area contributed by atoms with Gasteiger partial charge in [0.15, 0.2) is 0 Å². The van der Waals surface area contributed by atoms with Crippen LogP contribution in [0.3, 0.4) is 0 Å². The number of hydrogen-bond donors (Lipinski definition) is 0. The van der Waals surface area contributed by atoms with Gasteiger partial charge in [-0.15, -0.1) is 0 Å². The molecule has 21 heavy (non-hydrogen) atoms. The highest BCUT2D eigenvalue weighted by Gasteiger charge is 2.40. The van der Waals surface area contributed by atoms with Crippen molar-refractivity contribution in [3.8, 4) is 0 Å². The first-order chi connectivity index (χ1) is 10.2. The highest BCUT2D eigenvalue weighted by molar-refractivity contribution is 6.21. The number of carbonyl (C=O) groups is 2. The van der Waals surface area contributed by atoms with E-state index in [9.17, 15) is 14.0 Å². The van der Waals surface area contributed by atoms with Crippen LogP contribution in [-0.2, 0) is 16.0 Å². The van der Waals surface area contributed by atoms with Gasteiger partial charge in [0, 0.05) is 6.42 Å². The van der Waals surface area contributed by atoms with Crippen LogP contribution in [-0.4, -0.2) is 11.8 Å². The van der Waals surface area contributed by atoms with Gasteiger partial charge >= 0.3 is 0 Å². The molecular weight excluding hydrogens is 269 g/mol. The van der Waals surface area contributed by atoms with Crippen LogP contribution in [0.25, 0.3) is 0 Å². The lowest BCUT2D eigenvalue weighted by molar-refractivity contribution is -0.122. The van der Waals surface area contributed by atoms with Gasteiger partial charge in [0.25, 0.3) is 0 Å². The van der Waals surface area contributed by atoms with Crippen LogP contribution in [0.4, 0.5) is 10.1 Å². The standard InChI is InChI=1S/C17H14FNO2/c18-14-8-4-5-9-15(14)19-16(20)11-13(17(19)21)10-12-6-2-1-3-7-12/h1-9,13H,10-11H2/t13-/m1/s1. The lowest BCUT2D eigenvalue weighted by atomic mass is 9.98. The zero-order valence-corrected chi connectivity index (χ0v) is 11.3. The number of para-hydroxylation sites is 1. The van der Waals surface area contributed by atoms with Crippen molar-refractivity contribution in [1.29, 1.82) is 0 Å². The van der Waals surface area contributed by atoms with Gasteiger partial charge in [-0.3, -0.25) is 9.59 Å². The molecule has 0 spiro atoms. The molecule has 1 atom stereocenters. The Kier molecular flexibility index (Phi) is 3.52. The first-order valence-corrected chi connectivity index (χ1v) is 6.82. The maximum absolute atomic E-state index is 13.8. The molecular formula is C17H14FNO2. The van der Waals surface area contributed by atoms with E-state index in [0.29, 0.717) is 6.42 Å². The van der Waals surface area contributed by atoms with Gasteiger partial charge in [0.1, 0.15) is 5.82 Å². The second-order valence-electron chi connectivity index (χ2n) is 5.11. The molecule has 1 saturated heterocycles. The molecule has 0 aliphatic carbocycles. The lowest BCUT2D eigenvalue weighted by Crippen LogP contribution is -2.31. The molecule has 1 heterocycles. The van der Waals surface area contributed by atoms with Crippen molar-refractivity contribution < 1.29 is 14.0 Å². The van der Waals surface area contributed by atoms with E-state index in [-0.39, 0.29) is 23.9 Å². The highest BCUT2D eigenvalue weighted by atomic mass is 19.1. The highest BCUT2D eigenvalue weighted by Crippen LogP contribution is 2.30. The maximum Gasteiger partial charge on any atom is 0.237 e.